The fourth-order valence-electron chi connectivity index (χ4n) is 2.93. The van der Waals surface area contributed by atoms with Crippen molar-refractivity contribution in [1.29, 1.82) is 0 Å². The zero-order chi connectivity index (χ0) is 23.4. The van der Waals surface area contributed by atoms with Crippen LogP contribution in [0.25, 0.3) is 5.69 Å². The molecule has 0 spiro atoms. The van der Waals surface area contributed by atoms with Crippen LogP contribution in [0.2, 0.25) is 15.1 Å². The van der Waals surface area contributed by atoms with Gasteiger partial charge in [0.15, 0.2) is 6.61 Å². The smallest absolute Gasteiger partial charge is 0.350 e. The summed E-state index contributed by atoms with van der Waals surface area (Å²) in [6, 6.07) is 21.6. The highest BCUT2D eigenvalue weighted by Crippen LogP contribution is 2.39. The highest BCUT2D eigenvalue weighted by molar-refractivity contribution is 7.99. The Morgan fingerprint density at radius 3 is 2.36 bits per heavy atom. The van der Waals surface area contributed by atoms with Gasteiger partial charge in [0.25, 0.3) is 0 Å². The third-order valence-electron chi connectivity index (χ3n) is 4.45. The van der Waals surface area contributed by atoms with Crippen molar-refractivity contribution in [2.75, 3.05) is 6.61 Å². The summed E-state index contributed by atoms with van der Waals surface area (Å²) in [5.41, 5.74) is 1.47. The van der Waals surface area contributed by atoms with E-state index in [0.29, 0.717) is 37.3 Å². The number of nitrogens with zero attached hydrogens (tertiary/aromatic N) is 2. The minimum Gasteiger partial charge on any atom is -0.480 e. The number of aryl methyl sites for hydroxylation is 1. The predicted octanol–water partition coefficient (Wildman–Crippen LogP) is 7.28. The van der Waals surface area contributed by atoms with Gasteiger partial charge in [-0.05, 0) is 61.5 Å². The van der Waals surface area contributed by atoms with Gasteiger partial charge in [0.2, 0.25) is 5.88 Å². The lowest BCUT2D eigenvalue weighted by Crippen LogP contribution is -2.19. The van der Waals surface area contributed by atoms with Gasteiger partial charge >= 0.3 is 5.97 Å². The van der Waals surface area contributed by atoms with Crippen LogP contribution in [0.15, 0.2) is 82.6 Å². The first kappa shape index (κ1) is 23.5. The van der Waals surface area contributed by atoms with E-state index in [1.807, 2.05) is 49.4 Å². The molecule has 0 bridgehead atoms. The Morgan fingerprint density at radius 1 is 0.970 bits per heavy atom. The summed E-state index contributed by atoms with van der Waals surface area (Å²) in [5, 5.41) is 6.02. The van der Waals surface area contributed by atoms with E-state index in [1.54, 1.807) is 35.0 Å². The number of para-hydroxylation sites is 1. The van der Waals surface area contributed by atoms with Crippen molar-refractivity contribution in [2.24, 2.45) is 0 Å². The maximum absolute atomic E-state index is 12.7. The van der Waals surface area contributed by atoms with Crippen molar-refractivity contribution < 1.29 is 14.3 Å². The highest BCUT2D eigenvalue weighted by atomic mass is 35.5. The number of carbonyl (C=O) groups excluding carboxylic acids is 1. The van der Waals surface area contributed by atoms with Crippen molar-refractivity contribution in [3.05, 3.63) is 93.6 Å². The maximum Gasteiger partial charge on any atom is 0.350 e. The molecule has 9 heteroatoms. The Labute approximate surface area is 210 Å². The van der Waals surface area contributed by atoms with Gasteiger partial charge in [0.1, 0.15) is 5.75 Å². The van der Waals surface area contributed by atoms with E-state index in [2.05, 4.69) is 5.10 Å². The molecule has 0 saturated carbocycles. The van der Waals surface area contributed by atoms with Crippen molar-refractivity contribution >= 4 is 52.5 Å². The van der Waals surface area contributed by atoms with E-state index in [1.165, 1.54) is 11.8 Å². The first-order valence-electron chi connectivity index (χ1n) is 9.77. The molecule has 0 N–H and O–H groups in total. The molecular formula is C24H17Cl3N2O3S. The van der Waals surface area contributed by atoms with Crippen molar-refractivity contribution in [3.8, 4) is 17.3 Å². The van der Waals surface area contributed by atoms with Crippen molar-refractivity contribution in [1.82, 2.24) is 9.78 Å². The van der Waals surface area contributed by atoms with Crippen LogP contribution in [0.5, 0.6) is 11.6 Å². The van der Waals surface area contributed by atoms with Crippen LogP contribution in [0, 0.1) is 6.92 Å². The van der Waals surface area contributed by atoms with Gasteiger partial charge in [-0.3, -0.25) is 0 Å². The van der Waals surface area contributed by atoms with Crippen LogP contribution in [0.1, 0.15) is 5.69 Å². The minimum absolute atomic E-state index is 0.300. The lowest BCUT2D eigenvalue weighted by Gasteiger charge is -2.11. The number of hydrogen-bond donors (Lipinski definition) is 0. The van der Waals surface area contributed by atoms with Crippen LogP contribution < -0.4 is 9.47 Å². The van der Waals surface area contributed by atoms with Crippen LogP contribution in [0.4, 0.5) is 0 Å². The monoisotopic (exact) mass is 518 g/mol. The maximum atomic E-state index is 12.7. The largest absolute Gasteiger partial charge is 0.480 e. The first-order chi connectivity index (χ1) is 15.9. The van der Waals surface area contributed by atoms with Crippen LogP contribution in [-0.2, 0) is 4.79 Å². The van der Waals surface area contributed by atoms with E-state index in [-0.39, 0.29) is 6.61 Å². The molecule has 5 nitrogen and oxygen atoms in total. The number of hydrogen-bond acceptors (Lipinski definition) is 5. The summed E-state index contributed by atoms with van der Waals surface area (Å²) in [4.78, 5) is 14.4. The molecule has 33 heavy (non-hydrogen) atoms. The molecule has 0 saturated heterocycles. The highest BCUT2D eigenvalue weighted by Gasteiger charge is 2.22. The summed E-state index contributed by atoms with van der Waals surface area (Å²) >= 11 is 19.5. The van der Waals surface area contributed by atoms with E-state index >= 15 is 0 Å². The van der Waals surface area contributed by atoms with Crippen LogP contribution >= 0.6 is 46.6 Å². The molecule has 4 rings (SSSR count). The van der Waals surface area contributed by atoms with Gasteiger partial charge in [0, 0.05) is 14.9 Å². The second-order valence-corrected chi connectivity index (χ2v) is 9.22. The zero-order valence-electron chi connectivity index (χ0n) is 17.3. The molecule has 0 aliphatic rings. The van der Waals surface area contributed by atoms with E-state index in [0.717, 1.165) is 10.6 Å². The van der Waals surface area contributed by atoms with Gasteiger partial charge in [-0.2, -0.15) is 9.78 Å². The first-order valence-corrected chi connectivity index (χ1v) is 11.7. The summed E-state index contributed by atoms with van der Waals surface area (Å²) in [6.45, 7) is 1.52. The molecule has 3 aromatic carbocycles. The average Bonchev–Trinajstić information content (AvgIpc) is 3.10. The van der Waals surface area contributed by atoms with Gasteiger partial charge in [-0.15, -0.1) is 0 Å². The number of rotatable bonds is 7. The summed E-state index contributed by atoms with van der Waals surface area (Å²) < 4.78 is 12.9. The molecule has 0 radical (unpaired) electrons. The molecule has 168 valence electrons. The molecule has 4 aromatic rings. The predicted molar refractivity (Wildman–Crippen MR) is 131 cm³/mol. The Hall–Kier alpha value is -2.64. The van der Waals surface area contributed by atoms with Crippen molar-refractivity contribution in [3.63, 3.8) is 0 Å². The Bertz CT molecular complexity index is 1280. The number of benzene rings is 3. The molecule has 0 atom stereocenters. The quantitative estimate of drug-likeness (QED) is 0.240. The van der Waals surface area contributed by atoms with E-state index < -0.39 is 5.97 Å². The fourth-order valence-corrected chi connectivity index (χ4v) is 4.43. The Kier molecular flexibility index (Phi) is 7.50. The minimum atomic E-state index is -0.601. The average molecular weight is 520 g/mol. The third kappa shape index (κ3) is 5.84. The van der Waals surface area contributed by atoms with Gasteiger partial charge in [-0.1, -0.05) is 64.8 Å². The molecule has 0 fully saturated rings. The number of halogens is 3. The summed E-state index contributed by atoms with van der Waals surface area (Å²) in [7, 11) is 0. The SMILES string of the molecule is Cc1nn(-c2ccccc2)c(OC(=O)COc2ccc(Cl)cc2Cl)c1Sc1ccc(Cl)cc1. The van der Waals surface area contributed by atoms with Gasteiger partial charge < -0.3 is 9.47 Å². The fraction of sp³-hybridized carbons (Fsp3) is 0.0833. The lowest BCUT2D eigenvalue weighted by molar-refractivity contribution is -0.137. The standard InChI is InChI=1S/C24H17Cl3N2O3S/c1-15-23(33-19-10-7-16(25)8-11-19)24(29(28-15)18-5-3-2-4-6-18)32-22(30)14-31-21-12-9-17(26)13-20(21)27/h2-13H,14H2,1H3. The zero-order valence-corrected chi connectivity index (χ0v) is 20.4. The van der Waals surface area contributed by atoms with Crippen LogP contribution in [-0.4, -0.2) is 22.4 Å². The Morgan fingerprint density at radius 2 is 1.67 bits per heavy atom. The second-order valence-electron chi connectivity index (χ2n) is 6.86. The molecular weight excluding hydrogens is 503 g/mol. The van der Waals surface area contributed by atoms with E-state index in [4.69, 9.17) is 44.3 Å². The summed E-state index contributed by atoms with van der Waals surface area (Å²) in [6.07, 6.45) is 0. The van der Waals surface area contributed by atoms with Crippen LogP contribution in [0.3, 0.4) is 0 Å². The lowest BCUT2D eigenvalue weighted by atomic mass is 10.3. The normalized spacial score (nSPS) is 10.8. The number of esters is 1. The van der Waals surface area contributed by atoms with Gasteiger partial charge in [0.05, 0.1) is 21.3 Å². The molecule has 1 heterocycles. The number of carbonyl (C=O) groups is 1. The molecule has 0 aliphatic heterocycles. The van der Waals surface area contributed by atoms with Gasteiger partial charge in [-0.25, -0.2) is 4.79 Å². The second kappa shape index (κ2) is 10.5. The summed E-state index contributed by atoms with van der Waals surface area (Å²) in [5.74, 6) is 0.0343. The molecule has 0 unspecified atom stereocenters. The number of aromatic nitrogens is 2. The Balaban J connectivity index is 1.61. The molecule has 0 amide bonds. The molecule has 0 aliphatic carbocycles. The topological polar surface area (TPSA) is 53.4 Å². The van der Waals surface area contributed by atoms with E-state index in [9.17, 15) is 4.79 Å². The third-order valence-corrected chi connectivity index (χ3v) is 6.41. The number of ether oxygens (including phenoxy) is 2. The molecule has 1 aromatic heterocycles. The van der Waals surface area contributed by atoms with Crippen molar-refractivity contribution in [2.45, 2.75) is 16.7 Å².